The normalized spacial score (nSPS) is 15.9. The van der Waals surface area contributed by atoms with Gasteiger partial charge >= 0.3 is 5.97 Å². The summed E-state index contributed by atoms with van der Waals surface area (Å²) < 4.78 is 4.66. The first-order valence-corrected chi connectivity index (χ1v) is 9.92. The quantitative estimate of drug-likeness (QED) is 0.214. The molecule has 1 aromatic carbocycles. The summed E-state index contributed by atoms with van der Waals surface area (Å²) >= 11 is 0. The predicted molar refractivity (Wildman–Crippen MR) is 104 cm³/mol. The summed E-state index contributed by atoms with van der Waals surface area (Å²) in [6.07, 6.45) is 12.3. The van der Waals surface area contributed by atoms with Gasteiger partial charge in [-0.2, -0.15) is 0 Å². The van der Waals surface area contributed by atoms with Crippen molar-refractivity contribution in [2.45, 2.75) is 76.7 Å². The van der Waals surface area contributed by atoms with Crippen molar-refractivity contribution in [2.75, 3.05) is 7.11 Å². The van der Waals surface area contributed by atoms with Gasteiger partial charge in [-0.25, -0.2) is 0 Å². The summed E-state index contributed by atoms with van der Waals surface area (Å²) in [5, 5.41) is 4.02. The monoisotopic (exact) mass is 357 g/mol. The highest BCUT2D eigenvalue weighted by atomic mass is 16.5. The van der Waals surface area contributed by atoms with Crippen LogP contribution in [0, 0.1) is 5.92 Å². The number of hydrogen-bond donors (Lipinski definition) is 0. The number of carbonyl (C=O) groups is 1. The fraction of sp³-hybridized carbons (Fsp3) is 0.667. The number of nitrogens with zero attached hydrogens (tertiary/aromatic N) is 3. The van der Waals surface area contributed by atoms with Crippen LogP contribution in [0.4, 0.5) is 0 Å². The fourth-order valence-corrected chi connectivity index (χ4v) is 3.87. The molecule has 0 N–H and O–H groups in total. The summed E-state index contributed by atoms with van der Waals surface area (Å²) in [7, 11) is 1.42. The Bertz CT molecular complexity index is 588. The van der Waals surface area contributed by atoms with E-state index in [1.54, 1.807) is 0 Å². The van der Waals surface area contributed by atoms with Gasteiger partial charge in [0, 0.05) is 11.3 Å². The number of ether oxygens (including phenoxy) is 1. The molecule has 2 rings (SSSR count). The Morgan fingerprint density at radius 2 is 1.96 bits per heavy atom. The Morgan fingerprint density at radius 3 is 2.62 bits per heavy atom. The third-order valence-electron chi connectivity index (χ3n) is 5.44. The van der Waals surface area contributed by atoms with E-state index in [-0.39, 0.29) is 12.0 Å². The number of hydrogen-bond acceptors (Lipinski definition) is 3. The zero-order chi connectivity index (χ0) is 18.6. The van der Waals surface area contributed by atoms with Crippen LogP contribution in [-0.2, 0) is 16.0 Å². The Balaban J connectivity index is 1.82. The van der Waals surface area contributed by atoms with E-state index in [0.717, 1.165) is 37.2 Å². The second-order valence-electron chi connectivity index (χ2n) is 7.33. The summed E-state index contributed by atoms with van der Waals surface area (Å²) in [6, 6.07) is 8.20. The number of esters is 1. The average Bonchev–Trinajstić information content (AvgIpc) is 2.68. The minimum atomic E-state index is -0.164. The second kappa shape index (κ2) is 11.6. The Kier molecular flexibility index (Phi) is 9.05. The lowest BCUT2D eigenvalue weighted by Gasteiger charge is -2.22. The lowest BCUT2D eigenvalue weighted by Crippen LogP contribution is -2.06. The van der Waals surface area contributed by atoms with Gasteiger partial charge in [-0.3, -0.25) is 4.79 Å². The van der Waals surface area contributed by atoms with Gasteiger partial charge in [0.15, 0.2) is 0 Å². The van der Waals surface area contributed by atoms with E-state index in [4.69, 9.17) is 5.53 Å². The van der Waals surface area contributed by atoms with Crippen LogP contribution in [0.2, 0.25) is 0 Å². The van der Waals surface area contributed by atoms with E-state index < -0.39 is 0 Å². The lowest BCUT2D eigenvalue weighted by molar-refractivity contribution is -0.140. The molecule has 0 heterocycles. The smallest absolute Gasteiger partial charge is 0.305 e. The molecule has 26 heavy (non-hydrogen) atoms. The van der Waals surface area contributed by atoms with Gasteiger partial charge in [0.2, 0.25) is 0 Å². The van der Waals surface area contributed by atoms with E-state index in [9.17, 15) is 4.79 Å². The molecule has 0 aliphatic heterocycles. The van der Waals surface area contributed by atoms with Crippen molar-refractivity contribution in [2.24, 2.45) is 11.0 Å². The number of benzene rings is 1. The van der Waals surface area contributed by atoms with Crippen LogP contribution < -0.4 is 0 Å². The number of methoxy groups -OCH3 is 1. The Hall–Kier alpha value is -2.00. The summed E-state index contributed by atoms with van der Waals surface area (Å²) in [4.78, 5) is 14.2. The van der Waals surface area contributed by atoms with Gasteiger partial charge in [-0.15, -0.1) is 0 Å². The highest BCUT2D eigenvalue weighted by Gasteiger charge is 2.15. The van der Waals surface area contributed by atoms with Crippen LogP contribution in [0.25, 0.3) is 10.4 Å². The molecule has 1 unspecified atom stereocenters. The average molecular weight is 357 g/mol. The predicted octanol–water partition coefficient (Wildman–Crippen LogP) is 6.28. The molecule has 0 bridgehead atoms. The molecule has 1 aliphatic rings. The maximum atomic E-state index is 11.2. The molecule has 1 fully saturated rings. The van der Waals surface area contributed by atoms with Gasteiger partial charge in [-0.1, -0.05) is 74.3 Å². The molecule has 1 atom stereocenters. The van der Waals surface area contributed by atoms with Crippen LogP contribution in [0.5, 0.6) is 0 Å². The van der Waals surface area contributed by atoms with Gasteiger partial charge in [0.05, 0.1) is 13.2 Å². The molecular formula is C21H31N3O2. The molecule has 0 saturated heterocycles. The number of rotatable bonds is 10. The van der Waals surface area contributed by atoms with E-state index in [2.05, 4.69) is 39.0 Å². The molecule has 1 saturated carbocycles. The molecule has 1 aliphatic carbocycles. The Labute approximate surface area is 156 Å². The molecular weight excluding hydrogens is 326 g/mol. The maximum Gasteiger partial charge on any atom is 0.305 e. The van der Waals surface area contributed by atoms with Crippen molar-refractivity contribution in [1.29, 1.82) is 0 Å². The van der Waals surface area contributed by atoms with Gasteiger partial charge in [-0.05, 0) is 41.8 Å². The third-order valence-corrected chi connectivity index (χ3v) is 5.44. The fourth-order valence-electron chi connectivity index (χ4n) is 3.87. The minimum Gasteiger partial charge on any atom is -0.469 e. The van der Waals surface area contributed by atoms with Crippen LogP contribution in [0.3, 0.4) is 0 Å². The van der Waals surface area contributed by atoms with Crippen LogP contribution >= 0.6 is 0 Å². The number of aryl methyl sites for hydroxylation is 1. The van der Waals surface area contributed by atoms with Crippen LogP contribution in [-0.4, -0.2) is 13.1 Å². The van der Waals surface area contributed by atoms with E-state index in [1.807, 2.05) is 0 Å². The van der Waals surface area contributed by atoms with Crippen LogP contribution in [0.15, 0.2) is 29.4 Å². The third kappa shape index (κ3) is 7.09. The lowest BCUT2D eigenvalue weighted by atomic mass is 9.85. The first-order chi connectivity index (χ1) is 12.7. The molecule has 0 radical (unpaired) electrons. The maximum absolute atomic E-state index is 11.2. The van der Waals surface area contributed by atoms with Crippen LogP contribution in [0.1, 0.15) is 81.4 Å². The SMILES string of the molecule is COC(=O)CCCc1ccc(C(CCCC2CCCCC2)N=[N+]=[N-])cc1. The van der Waals surface area contributed by atoms with Crippen molar-refractivity contribution in [3.63, 3.8) is 0 Å². The molecule has 0 amide bonds. The van der Waals surface area contributed by atoms with Gasteiger partial charge in [0.1, 0.15) is 0 Å². The molecule has 5 heteroatoms. The summed E-state index contributed by atoms with van der Waals surface area (Å²) in [5.74, 6) is 0.704. The van der Waals surface area contributed by atoms with E-state index in [1.165, 1.54) is 51.2 Å². The Morgan fingerprint density at radius 1 is 1.23 bits per heavy atom. The zero-order valence-electron chi connectivity index (χ0n) is 15.9. The highest BCUT2D eigenvalue weighted by Crippen LogP contribution is 2.30. The molecule has 142 valence electrons. The molecule has 0 aromatic heterocycles. The van der Waals surface area contributed by atoms with Crippen molar-refractivity contribution < 1.29 is 9.53 Å². The largest absolute Gasteiger partial charge is 0.469 e. The first-order valence-electron chi connectivity index (χ1n) is 9.92. The molecule has 1 aromatic rings. The summed E-state index contributed by atoms with van der Waals surface area (Å²) in [5.41, 5.74) is 11.2. The van der Waals surface area contributed by atoms with Gasteiger partial charge < -0.3 is 4.74 Å². The van der Waals surface area contributed by atoms with Gasteiger partial charge in [0.25, 0.3) is 0 Å². The van der Waals surface area contributed by atoms with Crippen molar-refractivity contribution in [3.05, 3.63) is 45.8 Å². The highest BCUT2D eigenvalue weighted by molar-refractivity contribution is 5.69. The topological polar surface area (TPSA) is 75.1 Å². The van der Waals surface area contributed by atoms with Crippen molar-refractivity contribution >= 4 is 5.97 Å². The first kappa shape index (κ1) is 20.3. The molecule has 5 nitrogen and oxygen atoms in total. The van der Waals surface area contributed by atoms with Crippen molar-refractivity contribution in [3.8, 4) is 0 Å². The van der Waals surface area contributed by atoms with E-state index >= 15 is 0 Å². The number of azide groups is 1. The summed E-state index contributed by atoms with van der Waals surface area (Å²) in [6.45, 7) is 0. The standard InChI is InChI=1S/C21H31N3O2/c1-26-21(25)12-6-10-18-13-15-19(16-14-18)20(23-24-22)11-5-9-17-7-3-2-4-8-17/h13-17,20H,2-12H2,1H3. The van der Waals surface area contributed by atoms with E-state index in [0.29, 0.717) is 6.42 Å². The minimum absolute atomic E-state index is 0.0762. The number of carbonyl (C=O) groups excluding carboxylic acids is 1. The second-order valence-corrected chi connectivity index (χ2v) is 7.33. The zero-order valence-corrected chi connectivity index (χ0v) is 15.9. The van der Waals surface area contributed by atoms with Crippen molar-refractivity contribution in [1.82, 2.24) is 0 Å². The molecule has 0 spiro atoms.